The molecule has 0 unspecified atom stereocenters. The molecule has 0 saturated heterocycles. The molecule has 2 heterocycles. The van der Waals surface area contributed by atoms with Gasteiger partial charge in [0.25, 0.3) is 0 Å². The highest BCUT2D eigenvalue weighted by Gasteiger charge is 2.21. The normalized spacial score (nSPS) is 13.6. The topological polar surface area (TPSA) is 61.0 Å². The number of nitrogens with zero attached hydrogens (tertiary/aromatic N) is 2. The molecule has 3 aromatic rings. The van der Waals surface area contributed by atoms with Crippen LogP contribution in [0.15, 0.2) is 24.3 Å². The largest absolute Gasteiger partial charge is 0.497 e. The summed E-state index contributed by atoms with van der Waals surface area (Å²) in [6.45, 7) is 0. The fourth-order valence-electron chi connectivity index (χ4n) is 2.92. The fourth-order valence-corrected chi connectivity index (χ4v) is 4.18. The monoisotopic (exact) mass is 297 g/mol. The van der Waals surface area contributed by atoms with E-state index < -0.39 is 0 Å². The van der Waals surface area contributed by atoms with Crippen LogP contribution < -0.4 is 10.5 Å². The van der Waals surface area contributed by atoms with Crippen LogP contribution in [0.2, 0.25) is 0 Å². The second-order valence-corrected chi connectivity index (χ2v) is 6.29. The van der Waals surface area contributed by atoms with Gasteiger partial charge in [-0.1, -0.05) is 12.1 Å². The van der Waals surface area contributed by atoms with Crippen LogP contribution in [0.4, 0.5) is 5.82 Å². The molecule has 1 aromatic carbocycles. The lowest BCUT2D eigenvalue weighted by Crippen LogP contribution is -1.97. The molecule has 0 spiro atoms. The summed E-state index contributed by atoms with van der Waals surface area (Å²) >= 11 is 1.76. The van der Waals surface area contributed by atoms with E-state index in [1.807, 2.05) is 24.3 Å². The average Bonchev–Trinajstić information content (AvgIpc) is 3.07. The molecule has 2 aromatic heterocycles. The maximum atomic E-state index is 6.21. The van der Waals surface area contributed by atoms with Crippen molar-refractivity contribution in [2.24, 2.45) is 0 Å². The van der Waals surface area contributed by atoms with Crippen LogP contribution in [0.5, 0.6) is 5.75 Å². The molecule has 1 aliphatic rings. The van der Waals surface area contributed by atoms with E-state index in [1.165, 1.54) is 16.9 Å². The average molecular weight is 297 g/mol. The first-order chi connectivity index (χ1) is 10.3. The molecule has 4 rings (SSSR count). The van der Waals surface area contributed by atoms with Crippen molar-refractivity contribution in [1.29, 1.82) is 0 Å². The van der Waals surface area contributed by atoms with E-state index in [0.29, 0.717) is 11.6 Å². The van der Waals surface area contributed by atoms with Crippen molar-refractivity contribution >= 4 is 27.4 Å². The van der Waals surface area contributed by atoms with Crippen LogP contribution in [0.25, 0.3) is 21.6 Å². The van der Waals surface area contributed by atoms with Crippen molar-refractivity contribution in [3.8, 4) is 17.1 Å². The van der Waals surface area contributed by atoms with Crippen LogP contribution in [-0.4, -0.2) is 17.1 Å². The molecule has 21 heavy (non-hydrogen) atoms. The van der Waals surface area contributed by atoms with Crippen molar-refractivity contribution in [3.63, 3.8) is 0 Å². The predicted octanol–water partition coefficient (Wildman–Crippen LogP) is 3.44. The number of fused-ring (bicyclic) bond motifs is 3. The number of methoxy groups -OCH3 is 1. The lowest BCUT2D eigenvalue weighted by atomic mass is 10.1. The second-order valence-electron chi connectivity index (χ2n) is 5.20. The number of aromatic nitrogens is 2. The van der Waals surface area contributed by atoms with Gasteiger partial charge in [-0.05, 0) is 37.0 Å². The molecule has 1 aliphatic carbocycles. The first kappa shape index (κ1) is 12.6. The first-order valence-corrected chi connectivity index (χ1v) is 7.80. The third-order valence-corrected chi connectivity index (χ3v) is 5.11. The number of anilines is 1. The zero-order valence-electron chi connectivity index (χ0n) is 11.7. The van der Waals surface area contributed by atoms with Gasteiger partial charge < -0.3 is 10.5 Å². The Balaban J connectivity index is 1.90. The zero-order chi connectivity index (χ0) is 14.4. The highest BCUT2D eigenvalue weighted by Crippen LogP contribution is 2.39. The number of hydrogen-bond donors (Lipinski definition) is 1. The number of ether oxygens (including phenoxy) is 1. The fraction of sp³-hybridized carbons (Fsp3) is 0.250. The Morgan fingerprint density at radius 3 is 3.00 bits per heavy atom. The molecule has 0 aliphatic heterocycles. The number of nitrogen functional groups attached to an aromatic ring is 1. The van der Waals surface area contributed by atoms with Crippen LogP contribution in [0.3, 0.4) is 0 Å². The Kier molecular flexibility index (Phi) is 2.82. The summed E-state index contributed by atoms with van der Waals surface area (Å²) in [5, 5.41) is 1.07. The second kappa shape index (κ2) is 4.70. The van der Waals surface area contributed by atoms with E-state index in [0.717, 1.165) is 34.4 Å². The highest BCUT2D eigenvalue weighted by atomic mass is 32.1. The van der Waals surface area contributed by atoms with E-state index in [2.05, 4.69) is 4.98 Å². The van der Waals surface area contributed by atoms with Crippen molar-refractivity contribution in [2.75, 3.05) is 12.8 Å². The summed E-state index contributed by atoms with van der Waals surface area (Å²) in [4.78, 5) is 11.7. The number of hydrogen-bond acceptors (Lipinski definition) is 5. The maximum absolute atomic E-state index is 6.21. The summed E-state index contributed by atoms with van der Waals surface area (Å²) < 4.78 is 5.26. The highest BCUT2D eigenvalue weighted by molar-refractivity contribution is 7.19. The van der Waals surface area contributed by atoms with Crippen molar-refractivity contribution in [1.82, 2.24) is 9.97 Å². The molecule has 0 atom stereocenters. The standard InChI is InChI=1S/C16H15N3OS/c1-20-10-5-2-4-9(8-10)15-18-14(17)13-11-6-3-7-12(11)21-16(13)19-15/h2,4-5,8H,3,6-7H2,1H3,(H2,17,18,19). The quantitative estimate of drug-likeness (QED) is 0.787. The van der Waals surface area contributed by atoms with Crippen LogP contribution in [-0.2, 0) is 12.8 Å². The van der Waals surface area contributed by atoms with Crippen LogP contribution in [0, 0.1) is 0 Å². The van der Waals surface area contributed by atoms with Gasteiger partial charge in [-0.15, -0.1) is 11.3 Å². The molecule has 0 bridgehead atoms. The van der Waals surface area contributed by atoms with Gasteiger partial charge in [0, 0.05) is 10.4 Å². The SMILES string of the molecule is COc1cccc(-c2nc(N)c3c4c(sc3n2)CCC4)c1. The number of nitrogens with two attached hydrogens (primary N) is 1. The number of benzene rings is 1. The summed E-state index contributed by atoms with van der Waals surface area (Å²) in [5.41, 5.74) is 8.50. The van der Waals surface area contributed by atoms with Crippen molar-refractivity contribution in [2.45, 2.75) is 19.3 Å². The smallest absolute Gasteiger partial charge is 0.163 e. The molecule has 106 valence electrons. The van der Waals surface area contributed by atoms with Gasteiger partial charge in [0.05, 0.1) is 12.5 Å². The molecule has 0 saturated carbocycles. The van der Waals surface area contributed by atoms with E-state index in [4.69, 9.17) is 15.5 Å². The Morgan fingerprint density at radius 2 is 2.14 bits per heavy atom. The Bertz CT molecular complexity index is 841. The maximum Gasteiger partial charge on any atom is 0.163 e. The van der Waals surface area contributed by atoms with Crippen molar-refractivity contribution < 1.29 is 4.74 Å². The summed E-state index contributed by atoms with van der Waals surface area (Å²) in [7, 11) is 1.65. The van der Waals surface area contributed by atoms with Gasteiger partial charge in [-0.3, -0.25) is 0 Å². The van der Waals surface area contributed by atoms with Gasteiger partial charge >= 0.3 is 0 Å². The van der Waals surface area contributed by atoms with Gasteiger partial charge in [0.1, 0.15) is 16.4 Å². The molecule has 2 N–H and O–H groups in total. The van der Waals surface area contributed by atoms with E-state index in [9.17, 15) is 0 Å². The van der Waals surface area contributed by atoms with E-state index in [-0.39, 0.29) is 0 Å². The third kappa shape index (κ3) is 1.96. The number of thiophene rings is 1. The summed E-state index contributed by atoms with van der Waals surface area (Å²) in [6.07, 6.45) is 3.46. The minimum Gasteiger partial charge on any atom is -0.497 e. The van der Waals surface area contributed by atoms with Gasteiger partial charge in [0.2, 0.25) is 0 Å². The number of aryl methyl sites for hydroxylation is 2. The summed E-state index contributed by atoms with van der Waals surface area (Å²) in [6, 6.07) is 7.75. The van der Waals surface area contributed by atoms with E-state index >= 15 is 0 Å². The molecule has 5 heteroatoms. The van der Waals surface area contributed by atoms with Gasteiger partial charge in [0.15, 0.2) is 5.82 Å². The van der Waals surface area contributed by atoms with E-state index in [1.54, 1.807) is 18.4 Å². The van der Waals surface area contributed by atoms with Crippen LogP contribution >= 0.6 is 11.3 Å². The molecule has 0 amide bonds. The predicted molar refractivity (Wildman–Crippen MR) is 85.8 cm³/mol. The minimum atomic E-state index is 0.595. The Hall–Kier alpha value is -2.14. The van der Waals surface area contributed by atoms with Gasteiger partial charge in [-0.25, -0.2) is 9.97 Å². The summed E-state index contributed by atoms with van der Waals surface area (Å²) in [5.74, 6) is 2.06. The molecule has 4 nitrogen and oxygen atoms in total. The Labute approximate surface area is 126 Å². The molecule has 0 radical (unpaired) electrons. The lowest BCUT2D eigenvalue weighted by molar-refractivity contribution is 0.415. The molecule has 0 fully saturated rings. The molecular formula is C16H15N3OS. The third-order valence-electron chi connectivity index (χ3n) is 3.92. The minimum absolute atomic E-state index is 0.595. The van der Waals surface area contributed by atoms with Crippen LogP contribution in [0.1, 0.15) is 16.9 Å². The number of rotatable bonds is 2. The first-order valence-electron chi connectivity index (χ1n) is 6.98. The molecular weight excluding hydrogens is 282 g/mol. The lowest BCUT2D eigenvalue weighted by Gasteiger charge is -2.05. The van der Waals surface area contributed by atoms with Gasteiger partial charge in [-0.2, -0.15) is 0 Å². The Morgan fingerprint density at radius 1 is 1.24 bits per heavy atom. The zero-order valence-corrected chi connectivity index (χ0v) is 12.5. The van der Waals surface area contributed by atoms with Crippen molar-refractivity contribution in [3.05, 3.63) is 34.7 Å².